The van der Waals surface area contributed by atoms with E-state index in [0.29, 0.717) is 22.9 Å². The molecule has 1 aliphatic rings. The Labute approximate surface area is 192 Å². The summed E-state index contributed by atoms with van der Waals surface area (Å²) in [6.45, 7) is 4.04. The summed E-state index contributed by atoms with van der Waals surface area (Å²) in [6.07, 6.45) is 0. The van der Waals surface area contributed by atoms with Crippen molar-refractivity contribution in [3.8, 4) is 5.75 Å². The van der Waals surface area contributed by atoms with Crippen LogP contribution >= 0.6 is 0 Å². The summed E-state index contributed by atoms with van der Waals surface area (Å²) < 4.78 is 19.7. The van der Waals surface area contributed by atoms with Crippen molar-refractivity contribution < 1.29 is 18.7 Å². The molecule has 0 saturated heterocycles. The molecule has 33 heavy (non-hydrogen) atoms. The Kier molecular flexibility index (Phi) is 6.27. The Bertz CT molecular complexity index is 1230. The van der Waals surface area contributed by atoms with E-state index < -0.39 is 17.6 Å². The summed E-state index contributed by atoms with van der Waals surface area (Å²) in [5, 5.41) is 3.14. The molecule has 0 bridgehead atoms. The molecule has 0 radical (unpaired) electrons. The van der Waals surface area contributed by atoms with Gasteiger partial charge in [-0.15, -0.1) is 0 Å². The van der Waals surface area contributed by atoms with E-state index in [1.807, 2.05) is 24.3 Å². The lowest BCUT2D eigenvalue weighted by Crippen LogP contribution is -2.32. The van der Waals surface area contributed by atoms with Gasteiger partial charge in [0.15, 0.2) is 0 Å². The fourth-order valence-corrected chi connectivity index (χ4v) is 3.83. The zero-order chi connectivity index (χ0) is 23.5. The third kappa shape index (κ3) is 4.37. The number of benzene rings is 3. The van der Waals surface area contributed by atoms with E-state index in [1.54, 1.807) is 42.5 Å². The SMILES string of the molecule is COc1ccccc1C1=C(Nc2ccc(C(C)C)cc2)C(=O)N(Cc2ccccc2F)C1=O. The van der Waals surface area contributed by atoms with Crippen molar-refractivity contribution in [2.24, 2.45) is 0 Å². The Hall–Kier alpha value is -3.93. The largest absolute Gasteiger partial charge is 0.496 e. The van der Waals surface area contributed by atoms with Crippen LogP contribution in [-0.4, -0.2) is 23.8 Å². The van der Waals surface area contributed by atoms with Crippen molar-refractivity contribution >= 4 is 23.1 Å². The predicted octanol–water partition coefficient (Wildman–Crippen LogP) is 5.35. The number of nitrogens with zero attached hydrogens (tertiary/aromatic N) is 1. The number of ether oxygens (including phenoxy) is 1. The van der Waals surface area contributed by atoms with E-state index in [1.165, 1.54) is 13.2 Å². The number of rotatable bonds is 7. The Balaban J connectivity index is 1.76. The number of amides is 2. The Morgan fingerprint density at radius 3 is 2.24 bits per heavy atom. The highest BCUT2D eigenvalue weighted by molar-refractivity contribution is 6.36. The Morgan fingerprint density at radius 2 is 1.58 bits per heavy atom. The molecule has 0 spiro atoms. The van der Waals surface area contributed by atoms with Gasteiger partial charge in [-0.3, -0.25) is 14.5 Å². The number of anilines is 1. The van der Waals surface area contributed by atoms with Gasteiger partial charge in [0.05, 0.1) is 19.2 Å². The monoisotopic (exact) mass is 444 g/mol. The molecule has 2 amide bonds. The predicted molar refractivity (Wildman–Crippen MR) is 126 cm³/mol. The number of hydrogen-bond acceptors (Lipinski definition) is 4. The number of imide groups is 1. The lowest BCUT2D eigenvalue weighted by molar-refractivity contribution is -0.137. The average molecular weight is 445 g/mol. The van der Waals surface area contributed by atoms with Crippen molar-refractivity contribution in [2.45, 2.75) is 26.3 Å². The van der Waals surface area contributed by atoms with Crippen LogP contribution in [0.1, 0.15) is 36.5 Å². The zero-order valence-electron chi connectivity index (χ0n) is 18.8. The van der Waals surface area contributed by atoms with Crippen LogP contribution in [0.2, 0.25) is 0 Å². The first-order chi connectivity index (χ1) is 15.9. The number of hydrogen-bond donors (Lipinski definition) is 1. The van der Waals surface area contributed by atoms with Crippen molar-refractivity contribution in [1.29, 1.82) is 0 Å². The van der Waals surface area contributed by atoms with Crippen molar-refractivity contribution in [1.82, 2.24) is 4.90 Å². The quantitative estimate of drug-likeness (QED) is 0.499. The van der Waals surface area contributed by atoms with Crippen LogP contribution in [0.4, 0.5) is 10.1 Å². The normalized spacial score (nSPS) is 13.8. The first-order valence-electron chi connectivity index (χ1n) is 10.7. The van der Waals surface area contributed by atoms with Gasteiger partial charge in [0.1, 0.15) is 17.3 Å². The third-order valence-electron chi connectivity index (χ3n) is 5.68. The van der Waals surface area contributed by atoms with Gasteiger partial charge >= 0.3 is 0 Å². The standard InChI is InChI=1S/C27H25FN2O3/c1-17(2)18-12-14-20(15-13-18)29-25-24(21-9-5-7-11-23(21)33-3)26(31)30(27(25)32)16-19-8-4-6-10-22(19)28/h4-15,17,29H,16H2,1-3H3. The Morgan fingerprint density at radius 1 is 0.909 bits per heavy atom. The lowest BCUT2D eigenvalue weighted by atomic mass is 10.0. The molecular formula is C27H25FN2O3. The summed E-state index contributed by atoms with van der Waals surface area (Å²) >= 11 is 0. The number of carbonyl (C=O) groups excluding carboxylic acids is 2. The molecule has 3 aromatic carbocycles. The van der Waals surface area contributed by atoms with Crippen LogP contribution in [0.25, 0.3) is 5.57 Å². The van der Waals surface area contributed by atoms with Gasteiger partial charge in [-0.2, -0.15) is 0 Å². The minimum Gasteiger partial charge on any atom is -0.496 e. The highest BCUT2D eigenvalue weighted by Gasteiger charge is 2.40. The molecule has 0 saturated carbocycles. The van der Waals surface area contributed by atoms with Gasteiger partial charge in [-0.05, 0) is 35.7 Å². The second kappa shape index (κ2) is 9.28. The molecule has 0 aromatic heterocycles. The smallest absolute Gasteiger partial charge is 0.278 e. The van der Waals surface area contributed by atoms with E-state index in [9.17, 15) is 14.0 Å². The van der Waals surface area contributed by atoms with Gasteiger partial charge in [0, 0.05) is 16.8 Å². The fourth-order valence-electron chi connectivity index (χ4n) is 3.83. The maximum atomic E-state index is 14.3. The summed E-state index contributed by atoms with van der Waals surface area (Å²) in [7, 11) is 1.51. The maximum absolute atomic E-state index is 14.3. The molecule has 0 fully saturated rings. The highest BCUT2D eigenvalue weighted by atomic mass is 19.1. The van der Waals surface area contributed by atoms with Gasteiger partial charge in [0.25, 0.3) is 11.8 Å². The average Bonchev–Trinajstić information content (AvgIpc) is 3.04. The topological polar surface area (TPSA) is 58.6 Å². The zero-order valence-corrected chi connectivity index (χ0v) is 18.8. The van der Waals surface area contributed by atoms with Crippen LogP contribution in [-0.2, 0) is 16.1 Å². The van der Waals surface area contributed by atoms with Gasteiger partial charge in [-0.1, -0.05) is 62.4 Å². The van der Waals surface area contributed by atoms with Crippen LogP contribution in [0.15, 0.2) is 78.5 Å². The van der Waals surface area contributed by atoms with E-state index in [4.69, 9.17) is 4.74 Å². The van der Waals surface area contributed by atoms with Crippen molar-refractivity contribution in [2.75, 3.05) is 12.4 Å². The second-order valence-corrected chi connectivity index (χ2v) is 8.14. The minimum absolute atomic E-state index is 0.137. The summed E-state index contributed by atoms with van der Waals surface area (Å²) in [5.41, 5.74) is 2.93. The van der Waals surface area contributed by atoms with Crippen LogP contribution in [0, 0.1) is 5.82 Å². The maximum Gasteiger partial charge on any atom is 0.278 e. The van der Waals surface area contributed by atoms with Crippen LogP contribution in [0.5, 0.6) is 5.75 Å². The van der Waals surface area contributed by atoms with E-state index in [0.717, 1.165) is 10.5 Å². The number of methoxy groups -OCH3 is 1. The number of nitrogens with one attached hydrogen (secondary N) is 1. The third-order valence-corrected chi connectivity index (χ3v) is 5.68. The molecule has 0 unspecified atom stereocenters. The van der Waals surface area contributed by atoms with E-state index in [2.05, 4.69) is 19.2 Å². The summed E-state index contributed by atoms with van der Waals surface area (Å²) in [6, 6.07) is 20.9. The molecule has 1 heterocycles. The van der Waals surface area contributed by atoms with Crippen LogP contribution in [0.3, 0.4) is 0 Å². The molecule has 168 valence electrons. The first kappa shape index (κ1) is 22.3. The van der Waals surface area contributed by atoms with Crippen LogP contribution < -0.4 is 10.1 Å². The summed E-state index contributed by atoms with van der Waals surface area (Å²) in [5.74, 6) is -0.655. The molecule has 1 N–H and O–H groups in total. The molecule has 1 aliphatic heterocycles. The minimum atomic E-state index is -0.517. The molecule has 4 rings (SSSR count). The summed E-state index contributed by atoms with van der Waals surface area (Å²) in [4.78, 5) is 27.9. The van der Waals surface area contributed by atoms with Crippen molar-refractivity contribution in [3.63, 3.8) is 0 Å². The molecule has 5 nitrogen and oxygen atoms in total. The van der Waals surface area contributed by atoms with Crippen molar-refractivity contribution in [3.05, 3.63) is 101 Å². The molecule has 6 heteroatoms. The number of halogens is 1. The van der Waals surface area contributed by atoms with E-state index in [-0.39, 0.29) is 23.4 Å². The fraction of sp³-hybridized carbons (Fsp3) is 0.185. The molecule has 3 aromatic rings. The van der Waals surface area contributed by atoms with E-state index >= 15 is 0 Å². The molecule has 0 aliphatic carbocycles. The second-order valence-electron chi connectivity index (χ2n) is 8.14. The molecule has 0 atom stereocenters. The molecular weight excluding hydrogens is 419 g/mol. The lowest BCUT2D eigenvalue weighted by Gasteiger charge is -2.16. The number of para-hydroxylation sites is 1. The first-order valence-corrected chi connectivity index (χ1v) is 10.7. The van der Waals surface area contributed by atoms with Gasteiger partial charge in [-0.25, -0.2) is 4.39 Å². The van der Waals surface area contributed by atoms with Gasteiger partial charge in [0.2, 0.25) is 0 Å². The highest BCUT2D eigenvalue weighted by Crippen LogP contribution is 2.36. The number of carbonyl (C=O) groups is 2. The van der Waals surface area contributed by atoms with Gasteiger partial charge < -0.3 is 10.1 Å².